The van der Waals surface area contributed by atoms with E-state index in [4.69, 9.17) is 26.4 Å². The van der Waals surface area contributed by atoms with Gasteiger partial charge < -0.3 is 14.2 Å². The molecule has 0 radical (unpaired) electrons. The molecule has 5 nitrogen and oxygen atoms in total. The summed E-state index contributed by atoms with van der Waals surface area (Å²) in [6.45, 7) is 1.72. The first kappa shape index (κ1) is 15.7. The Hall–Kier alpha value is -2.18. The van der Waals surface area contributed by atoms with Crippen LogP contribution in [0.4, 0.5) is 5.69 Å². The lowest BCUT2D eigenvalue weighted by molar-refractivity contribution is 0.0963. The molecule has 1 aliphatic rings. The Bertz CT molecular complexity index is 649. The second kappa shape index (κ2) is 7.39. The Labute approximate surface area is 140 Å². The van der Waals surface area contributed by atoms with E-state index in [-0.39, 0.29) is 6.10 Å². The number of hydrogen-bond acceptors (Lipinski definition) is 5. The van der Waals surface area contributed by atoms with Crippen LogP contribution in [0, 0.1) is 0 Å². The number of hydrogen-bond donors (Lipinski definition) is 0. The molecule has 0 aliphatic carbocycles. The topological polar surface area (TPSA) is 43.8 Å². The smallest absolute Gasteiger partial charge is 0.264 e. The van der Waals surface area contributed by atoms with Crippen LogP contribution in [0.1, 0.15) is 5.56 Å². The number of pyridine rings is 1. The zero-order valence-electron chi connectivity index (χ0n) is 12.8. The van der Waals surface area contributed by atoms with Crippen molar-refractivity contribution in [3.05, 3.63) is 54.4 Å². The highest BCUT2D eigenvalue weighted by atomic mass is 32.1. The highest BCUT2D eigenvalue weighted by molar-refractivity contribution is 7.80. The molecule has 1 saturated heterocycles. The molecule has 0 N–H and O–H groups in total. The minimum Gasteiger partial charge on any atom is -0.489 e. The Morgan fingerprint density at radius 3 is 2.83 bits per heavy atom. The van der Waals surface area contributed by atoms with Crippen molar-refractivity contribution in [2.45, 2.75) is 12.7 Å². The molecule has 3 rings (SSSR count). The van der Waals surface area contributed by atoms with Crippen molar-refractivity contribution in [1.82, 2.24) is 4.98 Å². The van der Waals surface area contributed by atoms with Gasteiger partial charge in [0.05, 0.1) is 13.2 Å². The molecule has 2 aromatic rings. The van der Waals surface area contributed by atoms with Crippen LogP contribution in [0.2, 0.25) is 0 Å². The van der Waals surface area contributed by atoms with Gasteiger partial charge in [-0.05, 0) is 42.5 Å². The fraction of sp³-hybridized carbons (Fsp3) is 0.294. The Balaban J connectivity index is 1.60. The predicted molar refractivity (Wildman–Crippen MR) is 91.7 cm³/mol. The SMILES string of the molecule is COCC1CN(c2ccc(OCc3cccnc3)cc2)C(=S)O1. The maximum Gasteiger partial charge on any atom is 0.264 e. The quantitative estimate of drug-likeness (QED) is 0.759. The van der Waals surface area contributed by atoms with Crippen molar-refractivity contribution < 1.29 is 14.2 Å². The lowest BCUT2D eigenvalue weighted by atomic mass is 10.2. The molecule has 120 valence electrons. The van der Waals surface area contributed by atoms with Crippen molar-refractivity contribution >= 4 is 23.1 Å². The van der Waals surface area contributed by atoms with Crippen molar-refractivity contribution in [3.8, 4) is 5.75 Å². The third-order valence-corrected chi connectivity index (χ3v) is 3.82. The first-order valence-electron chi connectivity index (χ1n) is 7.35. The number of anilines is 1. The van der Waals surface area contributed by atoms with Gasteiger partial charge >= 0.3 is 0 Å². The molecule has 1 unspecified atom stereocenters. The van der Waals surface area contributed by atoms with Gasteiger partial charge in [-0.1, -0.05) is 6.07 Å². The number of rotatable bonds is 6. The maximum absolute atomic E-state index is 5.75. The summed E-state index contributed by atoms with van der Waals surface area (Å²) in [4.78, 5) is 6.03. The molecule has 6 heteroatoms. The van der Waals surface area contributed by atoms with Crippen molar-refractivity contribution in [2.24, 2.45) is 0 Å². The molecule has 1 fully saturated rings. The first-order valence-corrected chi connectivity index (χ1v) is 7.76. The van der Waals surface area contributed by atoms with Crippen LogP contribution in [-0.2, 0) is 16.1 Å². The largest absolute Gasteiger partial charge is 0.489 e. The normalized spacial score (nSPS) is 17.2. The minimum atomic E-state index is -0.0194. The van der Waals surface area contributed by atoms with E-state index < -0.39 is 0 Å². The summed E-state index contributed by atoms with van der Waals surface area (Å²) in [5, 5.41) is 0.482. The minimum absolute atomic E-state index is 0.0194. The van der Waals surface area contributed by atoms with E-state index in [0.29, 0.717) is 24.9 Å². The lowest BCUT2D eigenvalue weighted by Gasteiger charge is -2.15. The number of aromatic nitrogens is 1. The second-order valence-corrected chi connectivity index (χ2v) is 5.56. The Kier molecular flexibility index (Phi) is 5.05. The van der Waals surface area contributed by atoms with E-state index in [1.54, 1.807) is 19.5 Å². The van der Waals surface area contributed by atoms with E-state index in [1.807, 2.05) is 41.3 Å². The number of ether oxygens (including phenoxy) is 3. The zero-order valence-corrected chi connectivity index (χ0v) is 13.7. The molecular weight excluding hydrogens is 312 g/mol. The van der Waals surface area contributed by atoms with Gasteiger partial charge in [0.1, 0.15) is 18.5 Å². The molecule has 1 aliphatic heterocycles. The van der Waals surface area contributed by atoms with E-state index in [9.17, 15) is 0 Å². The van der Waals surface area contributed by atoms with Gasteiger partial charge in [-0.25, -0.2) is 0 Å². The first-order chi connectivity index (χ1) is 11.3. The van der Waals surface area contributed by atoms with E-state index in [0.717, 1.165) is 17.0 Å². The van der Waals surface area contributed by atoms with Crippen LogP contribution < -0.4 is 9.64 Å². The highest BCUT2D eigenvalue weighted by Crippen LogP contribution is 2.24. The van der Waals surface area contributed by atoms with Crippen LogP contribution >= 0.6 is 12.2 Å². The summed E-state index contributed by atoms with van der Waals surface area (Å²) in [6.07, 6.45) is 3.52. The molecule has 0 bridgehead atoms. The van der Waals surface area contributed by atoms with Crippen LogP contribution in [0.15, 0.2) is 48.8 Å². The average Bonchev–Trinajstić information content (AvgIpc) is 2.95. The van der Waals surface area contributed by atoms with Gasteiger partial charge in [-0.3, -0.25) is 9.88 Å². The fourth-order valence-corrected chi connectivity index (χ4v) is 2.69. The van der Waals surface area contributed by atoms with Crippen molar-refractivity contribution in [2.75, 3.05) is 25.2 Å². The van der Waals surface area contributed by atoms with Gasteiger partial charge in [-0.15, -0.1) is 0 Å². The molecule has 1 aromatic heterocycles. The van der Waals surface area contributed by atoms with Gasteiger partial charge in [0.15, 0.2) is 0 Å². The van der Waals surface area contributed by atoms with Gasteiger partial charge in [0, 0.05) is 30.8 Å². The maximum atomic E-state index is 5.75. The summed E-state index contributed by atoms with van der Waals surface area (Å²) < 4.78 is 16.5. The third kappa shape index (κ3) is 3.97. The molecule has 0 amide bonds. The molecule has 23 heavy (non-hydrogen) atoms. The third-order valence-electron chi connectivity index (χ3n) is 3.50. The van der Waals surface area contributed by atoms with Gasteiger partial charge in [-0.2, -0.15) is 0 Å². The molecular formula is C17H18N2O3S. The fourth-order valence-electron chi connectivity index (χ4n) is 2.38. The summed E-state index contributed by atoms with van der Waals surface area (Å²) in [7, 11) is 1.66. The van der Waals surface area contributed by atoms with Crippen molar-refractivity contribution in [3.63, 3.8) is 0 Å². The van der Waals surface area contributed by atoms with Gasteiger partial charge in [0.25, 0.3) is 5.17 Å². The lowest BCUT2D eigenvalue weighted by Crippen LogP contribution is -2.25. The summed E-state index contributed by atoms with van der Waals surface area (Å²) in [5.74, 6) is 0.803. The number of methoxy groups -OCH3 is 1. The monoisotopic (exact) mass is 330 g/mol. The highest BCUT2D eigenvalue weighted by Gasteiger charge is 2.29. The molecule has 1 atom stereocenters. The average molecular weight is 330 g/mol. The zero-order chi connectivity index (χ0) is 16.1. The van der Waals surface area contributed by atoms with E-state index in [2.05, 4.69) is 4.98 Å². The summed E-state index contributed by atoms with van der Waals surface area (Å²) in [6, 6.07) is 11.7. The van der Waals surface area contributed by atoms with Gasteiger partial charge in [0.2, 0.25) is 0 Å². The predicted octanol–water partition coefficient (Wildman–Crippen LogP) is 2.80. The summed E-state index contributed by atoms with van der Waals surface area (Å²) in [5.41, 5.74) is 2.02. The number of benzene rings is 1. The summed E-state index contributed by atoms with van der Waals surface area (Å²) >= 11 is 5.27. The van der Waals surface area contributed by atoms with E-state index in [1.165, 1.54) is 0 Å². The standard InChI is InChI=1S/C17H18N2O3S/c1-20-12-16-10-19(17(23)22-16)14-4-6-15(7-5-14)21-11-13-3-2-8-18-9-13/h2-9,16H,10-12H2,1H3. The van der Waals surface area contributed by atoms with E-state index >= 15 is 0 Å². The molecule has 0 saturated carbocycles. The van der Waals surface area contributed by atoms with Crippen molar-refractivity contribution in [1.29, 1.82) is 0 Å². The molecule has 2 heterocycles. The van der Waals surface area contributed by atoms with Crippen LogP contribution in [0.3, 0.4) is 0 Å². The van der Waals surface area contributed by atoms with Crippen LogP contribution in [0.25, 0.3) is 0 Å². The Morgan fingerprint density at radius 2 is 2.13 bits per heavy atom. The Morgan fingerprint density at radius 1 is 1.30 bits per heavy atom. The molecule has 1 aromatic carbocycles. The number of thiocarbonyl (C=S) groups is 1. The van der Waals surface area contributed by atoms with Crippen LogP contribution in [0.5, 0.6) is 5.75 Å². The second-order valence-electron chi connectivity index (χ2n) is 5.22. The number of nitrogens with zero attached hydrogens (tertiary/aromatic N) is 2. The molecule has 0 spiro atoms. The van der Waals surface area contributed by atoms with Crippen LogP contribution in [-0.4, -0.2) is 36.5 Å².